The highest BCUT2D eigenvalue weighted by atomic mass is 16.5. The second kappa shape index (κ2) is 8.74. The molecule has 2 aromatic heterocycles. The number of benzene rings is 2. The summed E-state index contributed by atoms with van der Waals surface area (Å²) in [4.78, 5) is 24.5. The first-order valence-corrected chi connectivity index (χ1v) is 9.00. The van der Waals surface area contributed by atoms with Gasteiger partial charge in [0.2, 0.25) is 5.88 Å². The summed E-state index contributed by atoms with van der Waals surface area (Å²) < 4.78 is 12.6. The molecule has 4 aromatic rings. The number of hydrogen-bond acceptors (Lipinski definition) is 6. The van der Waals surface area contributed by atoms with Gasteiger partial charge in [0.05, 0.1) is 7.11 Å². The zero-order valence-corrected chi connectivity index (χ0v) is 16.0. The number of methoxy groups -OCH3 is 1. The van der Waals surface area contributed by atoms with Gasteiger partial charge in [0.15, 0.2) is 0 Å². The third-order valence-corrected chi connectivity index (χ3v) is 4.08. The van der Waals surface area contributed by atoms with Crippen molar-refractivity contribution in [2.24, 2.45) is 0 Å². The fraction of sp³-hybridized carbons (Fsp3) is 0.0476. The number of hydrogen-bond donors (Lipinski definition) is 2. The van der Waals surface area contributed by atoms with Crippen molar-refractivity contribution >= 4 is 17.4 Å². The van der Waals surface area contributed by atoms with E-state index in [-0.39, 0.29) is 6.03 Å². The van der Waals surface area contributed by atoms with Gasteiger partial charge >= 0.3 is 6.03 Å². The Bertz CT molecular complexity index is 1110. The lowest BCUT2D eigenvalue weighted by molar-refractivity contribution is 0.262. The Morgan fingerprint density at radius 2 is 1.60 bits per heavy atom. The number of ether oxygens (including phenoxy) is 2. The van der Waals surface area contributed by atoms with Crippen LogP contribution in [0.5, 0.6) is 17.4 Å². The molecular formula is C21H18N6O3. The van der Waals surface area contributed by atoms with Gasteiger partial charge in [-0.1, -0.05) is 0 Å². The molecule has 30 heavy (non-hydrogen) atoms. The van der Waals surface area contributed by atoms with Crippen LogP contribution >= 0.6 is 0 Å². The van der Waals surface area contributed by atoms with E-state index in [1.54, 1.807) is 85.0 Å². The van der Waals surface area contributed by atoms with Crippen molar-refractivity contribution in [2.45, 2.75) is 0 Å². The van der Waals surface area contributed by atoms with Crippen LogP contribution in [0.25, 0.3) is 5.82 Å². The molecular weight excluding hydrogens is 384 g/mol. The molecule has 0 bridgehead atoms. The summed E-state index contributed by atoms with van der Waals surface area (Å²) in [5, 5.41) is 5.52. The average molecular weight is 402 g/mol. The van der Waals surface area contributed by atoms with E-state index >= 15 is 0 Å². The lowest BCUT2D eigenvalue weighted by Gasteiger charge is -2.10. The fourth-order valence-corrected chi connectivity index (χ4v) is 2.62. The van der Waals surface area contributed by atoms with Gasteiger partial charge in [-0.05, 0) is 48.5 Å². The maximum absolute atomic E-state index is 12.2. The predicted molar refractivity (Wildman–Crippen MR) is 111 cm³/mol. The van der Waals surface area contributed by atoms with Crippen LogP contribution in [-0.2, 0) is 0 Å². The first-order valence-electron chi connectivity index (χ1n) is 9.00. The highest BCUT2D eigenvalue weighted by Crippen LogP contribution is 2.22. The summed E-state index contributed by atoms with van der Waals surface area (Å²) in [5.74, 6) is 2.33. The second-order valence-electron chi connectivity index (χ2n) is 6.12. The largest absolute Gasteiger partial charge is 0.497 e. The molecule has 2 N–H and O–H groups in total. The molecule has 0 saturated heterocycles. The van der Waals surface area contributed by atoms with Crippen LogP contribution in [-0.4, -0.2) is 32.7 Å². The number of nitrogens with one attached hydrogen (secondary N) is 2. The molecule has 0 aliphatic rings. The quantitative estimate of drug-likeness (QED) is 0.503. The van der Waals surface area contributed by atoms with E-state index in [4.69, 9.17) is 9.47 Å². The smallest absolute Gasteiger partial charge is 0.323 e. The number of urea groups is 1. The van der Waals surface area contributed by atoms with Crippen molar-refractivity contribution < 1.29 is 14.3 Å². The maximum Gasteiger partial charge on any atom is 0.323 e. The normalized spacial score (nSPS) is 10.3. The maximum atomic E-state index is 12.2. The van der Waals surface area contributed by atoms with Crippen molar-refractivity contribution in [1.29, 1.82) is 0 Å². The van der Waals surface area contributed by atoms with Crippen molar-refractivity contribution in [3.8, 4) is 23.2 Å². The number of anilines is 2. The summed E-state index contributed by atoms with van der Waals surface area (Å²) in [5.41, 5.74) is 1.28. The van der Waals surface area contributed by atoms with Gasteiger partial charge in [-0.15, -0.1) is 0 Å². The molecule has 0 fully saturated rings. The number of aromatic nitrogens is 4. The lowest BCUT2D eigenvalue weighted by atomic mass is 10.3. The lowest BCUT2D eigenvalue weighted by Crippen LogP contribution is -2.19. The highest BCUT2D eigenvalue weighted by molar-refractivity contribution is 5.99. The number of carbonyl (C=O) groups excluding carboxylic acids is 1. The Balaban J connectivity index is 1.36. The number of imidazole rings is 1. The van der Waals surface area contributed by atoms with Crippen LogP contribution in [0, 0.1) is 0 Å². The Morgan fingerprint density at radius 3 is 2.20 bits per heavy atom. The first-order chi connectivity index (χ1) is 14.7. The number of carbonyl (C=O) groups is 1. The van der Waals surface area contributed by atoms with Crippen LogP contribution in [0.2, 0.25) is 0 Å². The molecule has 0 unspecified atom stereocenters. The van der Waals surface area contributed by atoms with Crippen LogP contribution in [0.1, 0.15) is 0 Å². The van der Waals surface area contributed by atoms with E-state index in [0.29, 0.717) is 28.8 Å². The molecule has 0 saturated carbocycles. The van der Waals surface area contributed by atoms with E-state index < -0.39 is 0 Å². The van der Waals surface area contributed by atoms with E-state index in [1.807, 2.05) is 0 Å². The van der Waals surface area contributed by atoms with Crippen LogP contribution in [0.4, 0.5) is 16.2 Å². The van der Waals surface area contributed by atoms with Gasteiger partial charge in [-0.3, -0.25) is 4.57 Å². The molecule has 2 amide bonds. The number of rotatable bonds is 6. The molecule has 2 aromatic carbocycles. The Morgan fingerprint density at radius 1 is 0.933 bits per heavy atom. The minimum atomic E-state index is -0.352. The standard InChI is InChI=1S/C21H18N6O3/c1-29-17-6-2-15(3-7-17)25-21(28)26-16-4-8-18(9-5-16)30-20-12-19(23-13-24-20)27-11-10-22-14-27/h2-14H,1H3,(H2,25,26,28). The predicted octanol–water partition coefficient (Wildman–Crippen LogP) is 4.11. The fourth-order valence-electron chi connectivity index (χ4n) is 2.62. The topological polar surface area (TPSA) is 103 Å². The zero-order chi connectivity index (χ0) is 20.8. The number of amides is 2. The summed E-state index contributed by atoms with van der Waals surface area (Å²) >= 11 is 0. The van der Waals surface area contributed by atoms with Crippen molar-refractivity contribution in [3.05, 3.63) is 79.6 Å². The van der Waals surface area contributed by atoms with E-state index in [1.165, 1.54) is 6.33 Å². The Kier molecular flexibility index (Phi) is 5.52. The van der Waals surface area contributed by atoms with Crippen LogP contribution < -0.4 is 20.1 Å². The van der Waals surface area contributed by atoms with Gasteiger partial charge in [0.1, 0.15) is 30.0 Å². The minimum absolute atomic E-state index is 0.352. The molecule has 0 aliphatic heterocycles. The van der Waals surface area contributed by atoms with Crippen LogP contribution in [0.15, 0.2) is 79.6 Å². The molecule has 9 nitrogen and oxygen atoms in total. The third kappa shape index (κ3) is 4.71. The third-order valence-electron chi connectivity index (χ3n) is 4.08. The zero-order valence-electron chi connectivity index (χ0n) is 16.0. The highest BCUT2D eigenvalue weighted by Gasteiger charge is 2.06. The Hall–Kier alpha value is -4.40. The van der Waals surface area contributed by atoms with E-state index in [2.05, 4.69) is 25.6 Å². The second-order valence-corrected chi connectivity index (χ2v) is 6.12. The van der Waals surface area contributed by atoms with Crippen molar-refractivity contribution in [1.82, 2.24) is 19.5 Å². The average Bonchev–Trinajstić information content (AvgIpc) is 3.31. The van der Waals surface area contributed by atoms with E-state index in [9.17, 15) is 4.79 Å². The van der Waals surface area contributed by atoms with Gasteiger partial charge < -0.3 is 20.1 Å². The van der Waals surface area contributed by atoms with Gasteiger partial charge in [0.25, 0.3) is 0 Å². The molecule has 9 heteroatoms. The number of nitrogens with zero attached hydrogens (tertiary/aromatic N) is 4. The summed E-state index contributed by atoms with van der Waals surface area (Å²) in [7, 11) is 1.59. The van der Waals surface area contributed by atoms with E-state index in [0.717, 1.165) is 5.75 Å². The molecule has 0 aliphatic carbocycles. The van der Waals surface area contributed by atoms with Gasteiger partial charge in [-0.2, -0.15) is 0 Å². The van der Waals surface area contributed by atoms with Crippen molar-refractivity contribution in [3.63, 3.8) is 0 Å². The van der Waals surface area contributed by atoms with Crippen molar-refractivity contribution in [2.75, 3.05) is 17.7 Å². The van der Waals surface area contributed by atoms with Gasteiger partial charge in [-0.25, -0.2) is 19.7 Å². The molecule has 4 rings (SSSR count). The summed E-state index contributed by atoms with van der Waals surface area (Å²) in [6.07, 6.45) is 6.51. The molecule has 0 atom stereocenters. The Labute approximate surface area is 172 Å². The summed E-state index contributed by atoms with van der Waals surface area (Å²) in [6, 6.07) is 15.4. The minimum Gasteiger partial charge on any atom is -0.497 e. The summed E-state index contributed by atoms with van der Waals surface area (Å²) in [6.45, 7) is 0. The monoisotopic (exact) mass is 402 g/mol. The molecule has 0 radical (unpaired) electrons. The van der Waals surface area contributed by atoms with Gasteiger partial charge in [0, 0.05) is 29.8 Å². The SMILES string of the molecule is COc1ccc(NC(=O)Nc2ccc(Oc3cc(-n4ccnc4)ncn3)cc2)cc1. The first kappa shape index (κ1) is 18.9. The molecule has 2 heterocycles. The van der Waals surface area contributed by atoms with Crippen LogP contribution in [0.3, 0.4) is 0 Å². The molecule has 150 valence electrons. The molecule has 0 spiro atoms.